The molecule has 1 aromatic rings. The fourth-order valence-corrected chi connectivity index (χ4v) is 4.01. The summed E-state index contributed by atoms with van der Waals surface area (Å²) in [6.07, 6.45) is 8.88. The summed E-state index contributed by atoms with van der Waals surface area (Å²) in [7, 11) is 0. The summed E-state index contributed by atoms with van der Waals surface area (Å²) in [5, 5.41) is 9.97. The minimum atomic E-state index is 0.169. The minimum absolute atomic E-state index is 0.169. The second-order valence-electron chi connectivity index (χ2n) is 6.80. The van der Waals surface area contributed by atoms with Crippen molar-refractivity contribution < 1.29 is 5.11 Å². The third-order valence-corrected chi connectivity index (χ3v) is 5.27. The lowest BCUT2D eigenvalue weighted by molar-refractivity contribution is 0.0541. The second kappa shape index (κ2) is 6.28. The van der Waals surface area contributed by atoms with Crippen LogP contribution in [-0.2, 0) is 13.0 Å². The third-order valence-electron chi connectivity index (χ3n) is 5.27. The SMILES string of the molecule is OCC1(CN2CCc3ccccc3C2)CCCCCC1. The lowest BCUT2D eigenvalue weighted by atomic mass is 9.80. The van der Waals surface area contributed by atoms with Gasteiger partial charge in [-0.3, -0.25) is 4.90 Å². The number of fused-ring (bicyclic) bond motifs is 1. The highest BCUT2D eigenvalue weighted by molar-refractivity contribution is 5.29. The molecule has 0 unspecified atom stereocenters. The Hall–Kier alpha value is -0.860. The fraction of sp³-hybridized carbons (Fsp3) is 0.667. The first-order valence-electron chi connectivity index (χ1n) is 8.21. The van der Waals surface area contributed by atoms with E-state index in [-0.39, 0.29) is 5.41 Å². The van der Waals surface area contributed by atoms with Crippen molar-refractivity contribution in [3.05, 3.63) is 35.4 Å². The highest BCUT2D eigenvalue weighted by Gasteiger charge is 2.33. The highest BCUT2D eigenvalue weighted by atomic mass is 16.3. The molecule has 3 rings (SSSR count). The first-order valence-corrected chi connectivity index (χ1v) is 8.21. The van der Waals surface area contributed by atoms with Crippen LogP contribution in [0.15, 0.2) is 24.3 Å². The quantitative estimate of drug-likeness (QED) is 0.853. The molecule has 20 heavy (non-hydrogen) atoms. The summed E-state index contributed by atoms with van der Waals surface area (Å²) < 4.78 is 0. The maximum absolute atomic E-state index is 9.97. The van der Waals surface area contributed by atoms with Gasteiger partial charge in [0.15, 0.2) is 0 Å². The Morgan fingerprint density at radius 1 is 1.00 bits per heavy atom. The van der Waals surface area contributed by atoms with Gasteiger partial charge < -0.3 is 5.11 Å². The normalized spacial score (nSPS) is 23.1. The summed E-state index contributed by atoms with van der Waals surface area (Å²) in [4.78, 5) is 2.57. The number of rotatable bonds is 3. The van der Waals surface area contributed by atoms with E-state index in [4.69, 9.17) is 0 Å². The van der Waals surface area contributed by atoms with Crippen molar-refractivity contribution >= 4 is 0 Å². The van der Waals surface area contributed by atoms with Gasteiger partial charge in [-0.15, -0.1) is 0 Å². The highest BCUT2D eigenvalue weighted by Crippen LogP contribution is 2.36. The third kappa shape index (κ3) is 3.07. The number of aliphatic hydroxyl groups excluding tert-OH is 1. The van der Waals surface area contributed by atoms with E-state index in [1.54, 1.807) is 0 Å². The lowest BCUT2D eigenvalue weighted by Gasteiger charge is -2.38. The molecule has 1 aliphatic carbocycles. The molecule has 1 fully saturated rings. The predicted octanol–water partition coefficient (Wildman–Crippen LogP) is 3.38. The molecule has 110 valence electrons. The smallest absolute Gasteiger partial charge is 0.0499 e. The molecule has 0 saturated heterocycles. The van der Waals surface area contributed by atoms with Crippen LogP contribution >= 0.6 is 0 Å². The predicted molar refractivity (Wildman–Crippen MR) is 82.6 cm³/mol. The van der Waals surface area contributed by atoms with Crippen LogP contribution in [0.1, 0.15) is 49.7 Å². The van der Waals surface area contributed by atoms with Crippen molar-refractivity contribution in [3.63, 3.8) is 0 Å². The number of hydrogen-bond donors (Lipinski definition) is 1. The maximum Gasteiger partial charge on any atom is 0.0499 e. The molecule has 0 aromatic heterocycles. The van der Waals surface area contributed by atoms with Gasteiger partial charge >= 0.3 is 0 Å². The van der Waals surface area contributed by atoms with Crippen LogP contribution in [-0.4, -0.2) is 29.7 Å². The van der Waals surface area contributed by atoms with Crippen LogP contribution in [0.25, 0.3) is 0 Å². The Bertz CT molecular complexity index is 435. The van der Waals surface area contributed by atoms with Gasteiger partial charge in [0.25, 0.3) is 0 Å². The molecule has 1 aromatic carbocycles. The summed E-state index contributed by atoms with van der Waals surface area (Å²) in [6.45, 7) is 3.67. The van der Waals surface area contributed by atoms with E-state index in [9.17, 15) is 5.11 Å². The second-order valence-corrected chi connectivity index (χ2v) is 6.80. The van der Waals surface area contributed by atoms with Crippen LogP contribution in [0.5, 0.6) is 0 Å². The summed E-state index contributed by atoms with van der Waals surface area (Å²) >= 11 is 0. The van der Waals surface area contributed by atoms with Crippen molar-refractivity contribution in [2.24, 2.45) is 5.41 Å². The summed E-state index contributed by atoms with van der Waals surface area (Å²) in [6, 6.07) is 8.82. The van der Waals surface area contributed by atoms with Crippen molar-refractivity contribution in [3.8, 4) is 0 Å². The van der Waals surface area contributed by atoms with E-state index < -0.39 is 0 Å². The van der Waals surface area contributed by atoms with E-state index in [1.165, 1.54) is 49.7 Å². The van der Waals surface area contributed by atoms with Gasteiger partial charge in [0, 0.05) is 31.7 Å². The first-order chi connectivity index (χ1) is 9.81. The zero-order chi connectivity index (χ0) is 13.8. The zero-order valence-electron chi connectivity index (χ0n) is 12.5. The van der Waals surface area contributed by atoms with Gasteiger partial charge in [0.2, 0.25) is 0 Å². The van der Waals surface area contributed by atoms with E-state index in [0.29, 0.717) is 6.61 Å². The van der Waals surface area contributed by atoms with Crippen LogP contribution in [0.3, 0.4) is 0 Å². The molecule has 0 amide bonds. The molecule has 1 aliphatic heterocycles. The number of benzene rings is 1. The maximum atomic E-state index is 9.97. The number of hydrogen-bond acceptors (Lipinski definition) is 2. The van der Waals surface area contributed by atoms with Gasteiger partial charge in [0.1, 0.15) is 0 Å². The summed E-state index contributed by atoms with van der Waals surface area (Å²) in [5.41, 5.74) is 3.17. The zero-order valence-corrected chi connectivity index (χ0v) is 12.5. The minimum Gasteiger partial charge on any atom is -0.396 e. The molecule has 1 saturated carbocycles. The first kappa shape index (κ1) is 14.1. The Morgan fingerprint density at radius 3 is 2.40 bits per heavy atom. The van der Waals surface area contributed by atoms with Crippen molar-refractivity contribution in [2.45, 2.75) is 51.5 Å². The largest absolute Gasteiger partial charge is 0.396 e. The molecular formula is C18H27NO. The topological polar surface area (TPSA) is 23.5 Å². The molecule has 1 N–H and O–H groups in total. The van der Waals surface area contributed by atoms with Crippen molar-refractivity contribution in [1.29, 1.82) is 0 Å². The van der Waals surface area contributed by atoms with Crippen LogP contribution in [0.2, 0.25) is 0 Å². The van der Waals surface area contributed by atoms with Gasteiger partial charge in [-0.05, 0) is 30.4 Å². The van der Waals surface area contributed by atoms with Crippen molar-refractivity contribution in [2.75, 3.05) is 19.7 Å². The van der Waals surface area contributed by atoms with Gasteiger partial charge in [-0.1, -0.05) is 49.9 Å². The molecule has 2 aliphatic rings. The standard InChI is InChI=1S/C18H27NO/c20-15-18(10-5-1-2-6-11-18)14-19-12-9-16-7-3-4-8-17(16)13-19/h3-4,7-8,20H,1-2,5-6,9-15H2. The average molecular weight is 273 g/mol. The van der Waals surface area contributed by atoms with E-state index in [0.717, 1.165) is 26.1 Å². The van der Waals surface area contributed by atoms with Crippen LogP contribution in [0, 0.1) is 5.41 Å². The molecular weight excluding hydrogens is 246 g/mol. The molecule has 0 radical (unpaired) electrons. The van der Waals surface area contributed by atoms with E-state index in [1.807, 2.05) is 0 Å². The van der Waals surface area contributed by atoms with Gasteiger partial charge in [-0.2, -0.15) is 0 Å². The van der Waals surface area contributed by atoms with Gasteiger partial charge in [-0.25, -0.2) is 0 Å². The van der Waals surface area contributed by atoms with E-state index >= 15 is 0 Å². The van der Waals surface area contributed by atoms with Gasteiger partial charge in [0.05, 0.1) is 0 Å². The molecule has 0 spiro atoms. The Morgan fingerprint density at radius 2 is 1.70 bits per heavy atom. The Kier molecular flexibility index (Phi) is 4.42. The molecule has 0 bridgehead atoms. The molecule has 2 nitrogen and oxygen atoms in total. The monoisotopic (exact) mass is 273 g/mol. The average Bonchev–Trinajstić information content (AvgIpc) is 2.73. The number of nitrogens with zero attached hydrogens (tertiary/aromatic N) is 1. The Balaban J connectivity index is 1.68. The molecule has 1 heterocycles. The number of aliphatic hydroxyl groups is 1. The Labute approximate surface area is 122 Å². The fourth-order valence-electron chi connectivity index (χ4n) is 4.01. The lowest BCUT2D eigenvalue weighted by Crippen LogP contribution is -2.42. The molecule has 0 atom stereocenters. The molecule has 2 heteroatoms. The van der Waals surface area contributed by atoms with E-state index in [2.05, 4.69) is 29.2 Å². The van der Waals surface area contributed by atoms with Crippen LogP contribution in [0.4, 0.5) is 0 Å². The van der Waals surface area contributed by atoms with Crippen molar-refractivity contribution in [1.82, 2.24) is 4.90 Å². The van der Waals surface area contributed by atoms with Crippen LogP contribution < -0.4 is 0 Å². The summed E-state index contributed by atoms with van der Waals surface area (Å²) in [5.74, 6) is 0.